The first kappa shape index (κ1) is 23.3. The summed E-state index contributed by atoms with van der Waals surface area (Å²) >= 11 is 5.22. The van der Waals surface area contributed by atoms with Crippen LogP contribution in [0.3, 0.4) is 0 Å². The lowest BCUT2D eigenvalue weighted by atomic mass is 10.2. The summed E-state index contributed by atoms with van der Waals surface area (Å²) in [6, 6.07) is 13.7. The van der Waals surface area contributed by atoms with Crippen molar-refractivity contribution in [1.82, 2.24) is 10.6 Å². The molecule has 0 aliphatic carbocycles. The maximum atomic E-state index is 12.4. The molecule has 2 amide bonds. The molecule has 0 atom stereocenters. The molecule has 0 fully saturated rings. The third kappa shape index (κ3) is 7.81. The van der Waals surface area contributed by atoms with Crippen molar-refractivity contribution in [3.63, 3.8) is 0 Å². The fraction of sp³-hybridized carbons (Fsp3) is 0.318. The van der Waals surface area contributed by atoms with Gasteiger partial charge in [0.2, 0.25) is 0 Å². The van der Waals surface area contributed by atoms with E-state index in [0.29, 0.717) is 35.7 Å². The fourth-order valence-electron chi connectivity index (χ4n) is 2.55. The van der Waals surface area contributed by atoms with Gasteiger partial charge in [0.25, 0.3) is 11.8 Å². The topological polar surface area (TPSA) is 88.7 Å². The van der Waals surface area contributed by atoms with Gasteiger partial charge in [-0.05, 0) is 75.0 Å². The van der Waals surface area contributed by atoms with Crippen LogP contribution < -0.4 is 20.7 Å². The van der Waals surface area contributed by atoms with Gasteiger partial charge in [-0.1, -0.05) is 6.07 Å². The minimum atomic E-state index is -0.339. The number of ether oxygens (including phenoxy) is 2. The van der Waals surface area contributed by atoms with Crippen molar-refractivity contribution in [1.29, 1.82) is 0 Å². The maximum absolute atomic E-state index is 12.4. The number of carbonyl (C=O) groups excluding carboxylic acids is 2. The summed E-state index contributed by atoms with van der Waals surface area (Å²) < 4.78 is 10.6. The minimum absolute atomic E-state index is 0.0152. The van der Waals surface area contributed by atoms with E-state index in [9.17, 15) is 9.59 Å². The Bertz CT molecular complexity index is 869. The Morgan fingerprint density at radius 2 is 1.77 bits per heavy atom. The van der Waals surface area contributed by atoms with E-state index in [1.165, 1.54) is 0 Å². The average Bonchev–Trinajstić information content (AvgIpc) is 2.71. The predicted molar refractivity (Wildman–Crippen MR) is 121 cm³/mol. The van der Waals surface area contributed by atoms with Crippen LogP contribution in [0.2, 0.25) is 0 Å². The summed E-state index contributed by atoms with van der Waals surface area (Å²) in [5.41, 5.74) is 1.64. The molecule has 8 heteroatoms. The molecule has 30 heavy (non-hydrogen) atoms. The third-order valence-corrected chi connectivity index (χ3v) is 4.11. The predicted octanol–water partition coefficient (Wildman–Crippen LogP) is 3.37. The Balaban J connectivity index is 1.87. The number of amides is 2. The molecule has 0 radical (unpaired) electrons. The van der Waals surface area contributed by atoms with Crippen molar-refractivity contribution in [2.75, 3.05) is 25.6 Å². The lowest BCUT2D eigenvalue weighted by Crippen LogP contribution is -2.34. The summed E-state index contributed by atoms with van der Waals surface area (Å²) in [6.07, 6.45) is 0.768. The molecular formula is C22H27N3O4S. The van der Waals surface area contributed by atoms with Gasteiger partial charge in [0.05, 0.1) is 6.10 Å². The van der Waals surface area contributed by atoms with Crippen LogP contribution in [0.1, 0.15) is 41.0 Å². The lowest BCUT2D eigenvalue weighted by Gasteiger charge is -2.12. The van der Waals surface area contributed by atoms with Gasteiger partial charge in [-0.25, -0.2) is 0 Å². The molecule has 0 saturated heterocycles. The van der Waals surface area contributed by atoms with Gasteiger partial charge in [0.1, 0.15) is 5.75 Å². The number of nitrogens with one attached hydrogen (secondary N) is 3. The molecule has 160 valence electrons. The van der Waals surface area contributed by atoms with E-state index >= 15 is 0 Å². The smallest absolute Gasteiger partial charge is 0.257 e. The van der Waals surface area contributed by atoms with Gasteiger partial charge in [-0.2, -0.15) is 0 Å². The zero-order valence-corrected chi connectivity index (χ0v) is 18.2. The van der Waals surface area contributed by atoms with E-state index in [2.05, 4.69) is 16.0 Å². The SMILES string of the molecule is COCCCNC(=O)c1ccc(NC(=S)NC(=O)c2cccc(OC(C)C)c2)cc1. The average molecular weight is 430 g/mol. The highest BCUT2D eigenvalue weighted by Crippen LogP contribution is 2.15. The summed E-state index contributed by atoms with van der Waals surface area (Å²) in [5.74, 6) is 0.124. The largest absolute Gasteiger partial charge is 0.491 e. The van der Waals surface area contributed by atoms with Crippen molar-refractivity contribution in [2.24, 2.45) is 0 Å². The molecule has 0 spiro atoms. The monoisotopic (exact) mass is 429 g/mol. The van der Waals surface area contributed by atoms with Crippen LogP contribution in [0.15, 0.2) is 48.5 Å². The number of carbonyl (C=O) groups is 2. The second kappa shape index (κ2) is 11.9. The second-order valence-electron chi connectivity index (χ2n) is 6.78. The zero-order valence-electron chi connectivity index (χ0n) is 17.4. The van der Waals surface area contributed by atoms with Gasteiger partial charge in [0, 0.05) is 37.1 Å². The second-order valence-corrected chi connectivity index (χ2v) is 7.19. The Hall–Kier alpha value is -2.97. The molecule has 0 aliphatic rings. The number of anilines is 1. The Morgan fingerprint density at radius 1 is 1.03 bits per heavy atom. The highest BCUT2D eigenvalue weighted by atomic mass is 32.1. The van der Waals surface area contributed by atoms with Crippen LogP contribution in [-0.2, 0) is 4.74 Å². The molecule has 3 N–H and O–H groups in total. The number of methoxy groups -OCH3 is 1. The van der Waals surface area contributed by atoms with E-state index in [1.54, 1.807) is 55.6 Å². The van der Waals surface area contributed by atoms with Crippen LogP contribution >= 0.6 is 12.2 Å². The Labute approximate surface area is 182 Å². The van der Waals surface area contributed by atoms with Gasteiger partial charge in [0.15, 0.2) is 5.11 Å². The van der Waals surface area contributed by atoms with Crippen molar-refractivity contribution in [3.8, 4) is 5.75 Å². The van der Waals surface area contributed by atoms with Gasteiger partial charge >= 0.3 is 0 Å². The molecule has 2 aromatic rings. The van der Waals surface area contributed by atoms with Crippen molar-refractivity contribution < 1.29 is 19.1 Å². The Morgan fingerprint density at radius 3 is 2.43 bits per heavy atom. The zero-order chi connectivity index (χ0) is 21.9. The number of rotatable bonds is 9. The highest BCUT2D eigenvalue weighted by molar-refractivity contribution is 7.80. The molecule has 7 nitrogen and oxygen atoms in total. The molecule has 0 heterocycles. The molecule has 0 bridgehead atoms. The molecule has 0 aromatic heterocycles. The molecular weight excluding hydrogens is 402 g/mol. The normalized spacial score (nSPS) is 10.4. The van der Waals surface area contributed by atoms with E-state index in [4.69, 9.17) is 21.7 Å². The third-order valence-electron chi connectivity index (χ3n) is 3.91. The first-order chi connectivity index (χ1) is 14.4. The molecule has 0 saturated carbocycles. The van der Waals surface area contributed by atoms with Crippen molar-refractivity contribution in [2.45, 2.75) is 26.4 Å². The van der Waals surface area contributed by atoms with Gasteiger partial charge in [-0.15, -0.1) is 0 Å². The van der Waals surface area contributed by atoms with Crippen LogP contribution in [0.4, 0.5) is 5.69 Å². The van der Waals surface area contributed by atoms with Crippen molar-refractivity contribution >= 4 is 34.8 Å². The standard InChI is InChI=1S/C22H27N3O4S/c1-15(2)29-19-7-4-6-17(14-19)21(27)25-22(30)24-18-10-8-16(9-11-18)20(26)23-12-5-13-28-3/h4,6-11,14-15H,5,12-13H2,1-3H3,(H,23,26)(H2,24,25,27,30). The molecule has 0 unspecified atom stereocenters. The number of thiocarbonyl (C=S) groups is 1. The molecule has 2 rings (SSSR count). The van der Waals surface area contributed by atoms with Crippen LogP contribution in [-0.4, -0.2) is 43.3 Å². The molecule has 2 aromatic carbocycles. The summed E-state index contributed by atoms with van der Waals surface area (Å²) in [6.45, 7) is 4.98. The summed E-state index contributed by atoms with van der Waals surface area (Å²) in [5, 5.41) is 8.55. The van der Waals surface area contributed by atoms with E-state index < -0.39 is 0 Å². The number of hydrogen-bond acceptors (Lipinski definition) is 5. The van der Waals surface area contributed by atoms with Gasteiger partial charge < -0.3 is 20.1 Å². The highest BCUT2D eigenvalue weighted by Gasteiger charge is 2.10. The van der Waals surface area contributed by atoms with E-state index in [1.807, 2.05) is 13.8 Å². The van der Waals surface area contributed by atoms with Crippen LogP contribution in [0, 0.1) is 0 Å². The quantitative estimate of drug-likeness (QED) is 0.418. The number of benzene rings is 2. The fourth-order valence-corrected chi connectivity index (χ4v) is 2.76. The van der Waals surface area contributed by atoms with Crippen molar-refractivity contribution in [3.05, 3.63) is 59.7 Å². The minimum Gasteiger partial charge on any atom is -0.491 e. The first-order valence-electron chi connectivity index (χ1n) is 9.65. The summed E-state index contributed by atoms with van der Waals surface area (Å²) in [7, 11) is 1.62. The Kier molecular flexibility index (Phi) is 9.24. The van der Waals surface area contributed by atoms with E-state index in [-0.39, 0.29) is 23.0 Å². The van der Waals surface area contributed by atoms with Gasteiger partial charge in [-0.3, -0.25) is 14.9 Å². The maximum Gasteiger partial charge on any atom is 0.257 e. The summed E-state index contributed by atoms with van der Waals surface area (Å²) in [4.78, 5) is 24.5. The first-order valence-corrected chi connectivity index (χ1v) is 10.1. The number of hydrogen-bond donors (Lipinski definition) is 3. The lowest BCUT2D eigenvalue weighted by molar-refractivity contribution is 0.0946. The van der Waals surface area contributed by atoms with Crippen LogP contribution in [0.5, 0.6) is 5.75 Å². The van der Waals surface area contributed by atoms with Crippen LogP contribution in [0.25, 0.3) is 0 Å². The molecule has 0 aliphatic heterocycles. The van der Waals surface area contributed by atoms with E-state index in [0.717, 1.165) is 6.42 Å².